The molecule has 5 nitrogen and oxygen atoms in total. The van der Waals surface area contributed by atoms with Gasteiger partial charge in [-0.1, -0.05) is 17.4 Å². The number of rotatable bonds is 2. The second-order valence-corrected chi connectivity index (χ2v) is 6.41. The molecule has 0 radical (unpaired) electrons. The third-order valence-corrected chi connectivity index (χ3v) is 4.71. The number of likely N-dealkylation sites (N-methyl/N-ethyl adjacent to an activating group) is 1. The highest BCUT2D eigenvalue weighted by molar-refractivity contribution is 9.10. The number of nitrogens with zero attached hydrogens (tertiary/aromatic N) is 4. The summed E-state index contributed by atoms with van der Waals surface area (Å²) in [5.74, 6) is 0.133. The second-order valence-electron chi connectivity index (χ2n) is 4.59. The number of piperazine rings is 1. The summed E-state index contributed by atoms with van der Waals surface area (Å²) >= 11 is 4.94. The van der Waals surface area contributed by atoms with Crippen molar-refractivity contribution in [3.63, 3.8) is 0 Å². The quantitative estimate of drug-likeness (QED) is 0.777. The standard InChI is InChI=1S/C13H13BrN4OS/c1-17-5-6-18(8-12(17)19)13-15-7-10(20-13)9-3-2-4-11(14)16-9/h2-4,7H,5-6,8H2,1H3. The predicted octanol–water partition coefficient (Wildman–Crippen LogP) is 2.25. The van der Waals surface area contributed by atoms with Gasteiger partial charge in [-0.15, -0.1) is 0 Å². The van der Waals surface area contributed by atoms with Gasteiger partial charge in [-0.05, 0) is 28.1 Å². The molecule has 2 aromatic rings. The maximum atomic E-state index is 11.7. The average Bonchev–Trinajstić information content (AvgIpc) is 2.92. The van der Waals surface area contributed by atoms with Crippen molar-refractivity contribution in [3.05, 3.63) is 29.0 Å². The van der Waals surface area contributed by atoms with E-state index in [2.05, 4.69) is 25.9 Å². The fraction of sp³-hybridized carbons (Fsp3) is 0.308. The van der Waals surface area contributed by atoms with E-state index in [1.807, 2.05) is 36.3 Å². The molecule has 1 aliphatic heterocycles. The summed E-state index contributed by atoms with van der Waals surface area (Å²) in [5, 5.41) is 0.878. The number of carbonyl (C=O) groups excluding carboxylic acids is 1. The highest BCUT2D eigenvalue weighted by Crippen LogP contribution is 2.31. The summed E-state index contributed by atoms with van der Waals surface area (Å²) in [5.41, 5.74) is 0.892. The number of pyridine rings is 1. The van der Waals surface area contributed by atoms with Gasteiger partial charge in [0.25, 0.3) is 0 Å². The van der Waals surface area contributed by atoms with Gasteiger partial charge in [0.1, 0.15) is 4.60 Å². The first kappa shape index (κ1) is 13.5. The summed E-state index contributed by atoms with van der Waals surface area (Å²) < 4.78 is 0.805. The molecule has 0 N–H and O–H groups in total. The zero-order chi connectivity index (χ0) is 14.1. The van der Waals surface area contributed by atoms with Crippen molar-refractivity contribution < 1.29 is 4.79 Å². The highest BCUT2D eigenvalue weighted by atomic mass is 79.9. The molecule has 0 atom stereocenters. The predicted molar refractivity (Wildman–Crippen MR) is 82.9 cm³/mol. The largest absolute Gasteiger partial charge is 0.342 e. The molecule has 0 aliphatic carbocycles. The number of aromatic nitrogens is 2. The number of carbonyl (C=O) groups is 1. The van der Waals surface area contributed by atoms with Crippen molar-refractivity contribution in [2.45, 2.75) is 0 Å². The lowest BCUT2D eigenvalue weighted by Crippen LogP contribution is -2.48. The topological polar surface area (TPSA) is 49.3 Å². The minimum Gasteiger partial charge on any atom is -0.342 e. The third kappa shape index (κ3) is 2.69. The average molecular weight is 353 g/mol. The molecule has 0 unspecified atom stereocenters. The maximum absolute atomic E-state index is 11.7. The highest BCUT2D eigenvalue weighted by Gasteiger charge is 2.23. The second kappa shape index (κ2) is 5.49. The molecule has 3 rings (SSSR count). The van der Waals surface area contributed by atoms with Gasteiger partial charge in [-0.3, -0.25) is 4.79 Å². The van der Waals surface area contributed by atoms with Crippen LogP contribution >= 0.6 is 27.3 Å². The molecular weight excluding hydrogens is 340 g/mol. The first-order valence-electron chi connectivity index (χ1n) is 6.21. The Bertz CT molecular complexity index is 645. The van der Waals surface area contributed by atoms with Crippen molar-refractivity contribution >= 4 is 38.3 Å². The van der Waals surface area contributed by atoms with Crippen molar-refractivity contribution in [1.82, 2.24) is 14.9 Å². The molecule has 1 saturated heterocycles. The summed E-state index contributed by atoms with van der Waals surface area (Å²) in [6.45, 7) is 1.96. The lowest BCUT2D eigenvalue weighted by atomic mass is 10.3. The molecule has 1 amide bonds. The van der Waals surface area contributed by atoms with Crippen LogP contribution in [0.4, 0.5) is 5.13 Å². The minimum atomic E-state index is 0.133. The summed E-state index contributed by atoms with van der Waals surface area (Å²) in [4.78, 5) is 25.4. The normalized spacial score (nSPS) is 15.8. The summed E-state index contributed by atoms with van der Waals surface area (Å²) in [6.07, 6.45) is 1.82. The van der Waals surface area contributed by atoms with Gasteiger partial charge in [0.05, 0.1) is 17.1 Å². The molecule has 1 fully saturated rings. The minimum absolute atomic E-state index is 0.133. The number of anilines is 1. The van der Waals surface area contributed by atoms with Crippen LogP contribution in [0, 0.1) is 0 Å². The molecule has 0 spiro atoms. The van der Waals surface area contributed by atoms with Crippen LogP contribution in [0.2, 0.25) is 0 Å². The molecule has 0 bridgehead atoms. The zero-order valence-electron chi connectivity index (χ0n) is 10.9. The van der Waals surface area contributed by atoms with Crippen molar-refractivity contribution in [3.8, 4) is 10.6 Å². The number of halogens is 1. The van der Waals surface area contributed by atoms with Crippen LogP contribution in [0.3, 0.4) is 0 Å². The van der Waals surface area contributed by atoms with Crippen LogP contribution in [0.1, 0.15) is 0 Å². The third-order valence-electron chi connectivity index (χ3n) is 3.19. The molecule has 2 aromatic heterocycles. The van der Waals surface area contributed by atoms with E-state index in [4.69, 9.17) is 0 Å². The van der Waals surface area contributed by atoms with E-state index in [0.717, 1.165) is 33.4 Å². The van der Waals surface area contributed by atoms with E-state index in [9.17, 15) is 4.79 Å². The Morgan fingerprint density at radius 2 is 2.20 bits per heavy atom. The lowest BCUT2D eigenvalue weighted by Gasteiger charge is -2.31. The van der Waals surface area contributed by atoms with E-state index in [1.54, 1.807) is 16.2 Å². The first-order valence-corrected chi connectivity index (χ1v) is 7.82. The van der Waals surface area contributed by atoms with Gasteiger partial charge in [0.2, 0.25) is 5.91 Å². The Morgan fingerprint density at radius 3 is 2.95 bits per heavy atom. The number of hydrogen-bond donors (Lipinski definition) is 0. The Labute approximate surface area is 129 Å². The summed E-state index contributed by atoms with van der Waals surface area (Å²) in [6, 6.07) is 5.80. The monoisotopic (exact) mass is 352 g/mol. The molecule has 1 aliphatic rings. The van der Waals surface area contributed by atoms with E-state index >= 15 is 0 Å². The van der Waals surface area contributed by atoms with E-state index in [1.165, 1.54) is 0 Å². The van der Waals surface area contributed by atoms with Gasteiger partial charge in [-0.25, -0.2) is 9.97 Å². The number of amides is 1. The number of hydrogen-bond acceptors (Lipinski definition) is 5. The van der Waals surface area contributed by atoms with Crippen LogP contribution in [0.5, 0.6) is 0 Å². The Balaban J connectivity index is 1.82. The van der Waals surface area contributed by atoms with Gasteiger partial charge < -0.3 is 9.80 Å². The molecule has 104 valence electrons. The molecule has 0 saturated carbocycles. The van der Waals surface area contributed by atoms with E-state index in [0.29, 0.717) is 6.54 Å². The Hall–Kier alpha value is -1.47. The molecule has 7 heteroatoms. The van der Waals surface area contributed by atoms with Gasteiger partial charge >= 0.3 is 0 Å². The van der Waals surface area contributed by atoms with Crippen LogP contribution in [0.15, 0.2) is 29.0 Å². The molecule has 20 heavy (non-hydrogen) atoms. The smallest absolute Gasteiger partial charge is 0.241 e. The van der Waals surface area contributed by atoms with Crippen molar-refractivity contribution in [1.29, 1.82) is 0 Å². The van der Waals surface area contributed by atoms with Crippen LogP contribution < -0.4 is 4.90 Å². The van der Waals surface area contributed by atoms with Gasteiger partial charge in [-0.2, -0.15) is 0 Å². The first-order chi connectivity index (χ1) is 9.63. The SMILES string of the molecule is CN1CCN(c2ncc(-c3cccc(Br)n3)s2)CC1=O. The Kier molecular flexibility index (Phi) is 3.71. The van der Waals surface area contributed by atoms with Crippen molar-refractivity contribution in [2.75, 3.05) is 31.6 Å². The molecule has 3 heterocycles. The Morgan fingerprint density at radius 1 is 1.35 bits per heavy atom. The summed E-state index contributed by atoms with van der Waals surface area (Å²) in [7, 11) is 1.83. The van der Waals surface area contributed by atoms with Crippen molar-refractivity contribution in [2.24, 2.45) is 0 Å². The molecular formula is C13H13BrN4OS. The van der Waals surface area contributed by atoms with Crippen LogP contribution in [-0.2, 0) is 4.79 Å². The number of thiazole rings is 1. The fourth-order valence-corrected chi connectivity index (χ4v) is 3.25. The van der Waals surface area contributed by atoms with Gasteiger partial charge in [0.15, 0.2) is 5.13 Å². The van der Waals surface area contributed by atoms with E-state index < -0.39 is 0 Å². The van der Waals surface area contributed by atoms with Gasteiger partial charge in [0, 0.05) is 26.3 Å². The van der Waals surface area contributed by atoms with Crippen LogP contribution in [-0.4, -0.2) is 47.5 Å². The maximum Gasteiger partial charge on any atom is 0.241 e. The molecule has 0 aromatic carbocycles. The fourth-order valence-electron chi connectivity index (χ4n) is 2.00. The van der Waals surface area contributed by atoms with Crippen LogP contribution in [0.25, 0.3) is 10.6 Å². The lowest BCUT2D eigenvalue weighted by molar-refractivity contribution is -0.129. The van der Waals surface area contributed by atoms with E-state index in [-0.39, 0.29) is 5.91 Å². The zero-order valence-corrected chi connectivity index (χ0v) is 13.3.